The first-order valence-electron chi connectivity index (χ1n) is 9.62. The lowest BCUT2D eigenvalue weighted by Gasteiger charge is -2.30. The van der Waals surface area contributed by atoms with Gasteiger partial charge in [-0.05, 0) is 55.1 Å². The van der Waals surface area contributed by atoms with Crippen LogP contribution in [-0.4, -0.2) is 11.9 Å². The summed E-state index contributed by atoms with van der Waals surface area (Å²) in [5.41, 5.74) is 2.12. The number of rotatable bonds is 5. The molecule has 2 aromatic carbocycles. The van der Waals surface area contributed by atoms with Crippen molar-refractivity contribution in [1.82, 2.24) is 5.32 Å². The van der Waals surface area contributed by atoms with E-state index in [1.165, 1.54) is 25.7 Å². The highest BCUT2D eigenvalue weighted by Gasteiger charge is 2.42. The summed E-state index contributed by atoms with van der Waals surface area (Å²) in [4.78, 5) is 13.2. The van der Waals surface area contributed by atoms with Gasteiger partial charge in [-0.25, -0.2) is 0 Å². The maximum absolute atomic E-state index is 13.2. The molecule has 2 aliphatic carbocycles. The quantitative estimate of drug-likeness (QED) is 0.840. The van der Waals surface area contributed by atoms with Crippen LogP contribution in [0.15, 0.2) is 60.7 Å². The number of nitrogens with one attached hydrogen (secondary N) is 1. The van der Waals surface area contributed by atoms with Gasteiger partial charge >= 0.3 is 0 Å². The zero-order chi connectivity index (χ0) is 17.2. The van der Waals surface area contributed by atoms with Crippen molar-refractivity contribution in [2.45, 2.75) is 44.6 Å². The predicted molar refractivity (Wildman–Crippen MR) is 101 cm³/mol. The Kier molecular flexibility index (Phi) is 4.61. The molecule has 0 radical (unpaired) electrons. The Morgan fingerprint density at radius 2 is 1.52 bits per heavy atom. The van der Waals surface area contributed by atoms with Crippen LogP contribution in [-0.2, 0) is 4.79 Å². The Morgan fingerprint density at radius 3 is 2.00 bits per heavy atom. The van der Waals surface area contributed by atoms with Crippen LogP contribution in [0, 0.1) is 17.8 Å². The number of carbonyl (C=O) groups excluding carboxylic acids is 1. The van der Waals surface area contributed by atoms with E-state index in [2.05, 4.69) is 36.5 Å². The third-order valence-electron chi connectivity index (χ3n) is 6.33. The fourth-order valence-corrected chi connectivity index (χ4v) is 5.11. The summed E-state index contributed by atoms with van der Waals surface area (Å²) in [6.07, 6.45) is 5.44. The Morgan fingerprint density at radius 1 is 0.920 bits per heavy atom. The molecule has 2 fully saturated rings. The molecule has 0 spiro atoms. The van der Waals surface area contributed by atoms with E-state index in [9.17, 15) is 4.79 Å². The number of hydrogen-bond acceptors (Lipinski definition) is 1. The minimum Gasteiger partial charge on any atom is -0.353 e. The molecule has 2 aromatic rings. The molecule has 130 valence electrons. The fourth-order valence-electron chi connectivity index (χ4n) is 5.11. The van der Waals surface area contributed by atoms with E-state index in [0.29, 0.717) is 5.92 Å². The predicted octanol–water partition coefficient (Wildman–Crippen LogP) is 4.76. The molecular formula is C23H27NO. The summed E-state index contributed by atoms with van der Waals surface area (Å²) in [6, 6.07) is 20.5. The smallest absolute Gasteiger partial charge is 0.232 e. The van der Waals surface area contributed by atoms with Crippen LogP contribution in [0.2, 0.25) is 0 Å². The van der Waals surface area contributed by atoms with Crippen molar-refractivity contribution in [3.8, 4) is 0 Å². The zero-order valence-electron chi connectivity index (χ0n) is 14.9. The second-order valence-corrected chi connectivity index (χ2v) is 7.89. The highest BCUT2D eigenvalue weighted by Crippen LogP contribution is 2.49. The van der Waals surface area contributed by atoms with E-state index in [0.717, 1.165) is 23.0 Å². The minimum atomic E-state index is -0.233. The lowest BCUT2D eigenvalue weighted by molar-refractivity contribution is -0.122. The van der Waals surface area contributed by atoms with Gasteiger partial charge in [-0.3, -0.25) is 4.79 Å². The van der Waals surface area contributed by atoms with E-state index < -0.39 is 0 Å². The van der Waals surface area contributed by atoms with Gasteiger partial charge in [0.2, 0.25) is 5.91 Å². The van der Waals surface area contributed by atoms with Gasteiger partial charge in [0.25, 0.3) is 0 Å². The third-order valence-corrected chi connectivity index (χ3v) is 6.33. The van der Waals surface area contributed by atoms with Gasteiger partial charge in [0.15, 0.2) is 0 Å². The number of benzene rings is 2. The lowest BCUT2D eigenvalue weighted by Crippen LogP contribution is -2.42. The third kappa shape index (κ3) is 3.35. The summed E-state index contributed by atoms with van der Waals surface area (Å²) in [6.45, 7) is 2.20. The molecule has 1 N–H and O–H groups in total. The molecule has 2 aliphatic rings. The number of amides is 1. The van der Waals surface area contributed by atoms with E-state index in [4.69, 9.17) is 0 Å². The second-order valence-electron chi connectivity index (χ2n) is 7.89. The largest absolute Gasteiger partial charge is 0.353 e. The molecule has 25 heavy (non-hydrogen) atoms. The van der Waals surface area contributed by atoms with Crippen LogP contribution in [0.3, 0.4) is 0 Å². The van der Waals surface area contributed by atoms with Crippen LogP contribution < -0.4 is 5.32 Å². The van der Waals surface area contributed by atoms with Crippen LogP contribution in [0.5, 0.6) is 0 Å². The van der Waals surface area contributed by atoms with E-state index in [1.807, 2.05) is 36.4 Å². The van der Waals surface area contributed by atoms with Crippen LogP contribution in [0.1, 0.15) is 49.7 Å². The molecule has 2 heteroatoms. The SMILES string of the molecule is C[C@@H](NC(=O)C(c1ccccc1)c1ccccc1)[C@H]1C[C@@H]2CC[C@H]1C2. The van der Waals surface area contributed by atoms with Crippen LogP contribution >= 0.6 is 0 Å². The second kappa shape index (κ2) is 7.03. The Bertz CT molecular complexity index is 672. The van der Waals surface area contributed by atoms with Gasteiger partial charge in [-0.15, -0.1) is 0 Å². The summed E-state index contributed by atoms with van der Waals surface area (Å²) < 4.78 is 0. The highest BCUT2D eigenvalue weighted by atomic mass is 16.1. The van der Waals surface area contributed by atoms with Crippen molar-refractivity contribution in [2.24, 2.45) is 17.8 Å². The molecule has 0 aromatic heterocycles. The molecule has 1 amide bonds. The Labute approximate surface area is 150 Å². The van der Waals surface area contributed by atoms with E-state index in [-0.39, 0.29) is 17.9 Å². The molecule has 2 nitrogen and oxygen atoms in total. The molecule has 4 rings (SSSR count). The van der Waals surface area contributed by atoms with Gasteiger partial charge in [-0.2, -0.15) is 0 Å². The van der Waals surface area contributed by atoms with Crippen LogP contribution in [0.25, 0.3) is 0 Å². The van der Waals surface area contributed by atoms with Gasteiger partial charge in [-0.1, -0.05) is 67.1 Å². The molecular weight excluding hydrogens is 306 g/mol. The number of carbonyl (C=O) groups is 1. The average Bonchev–Trinajstić information content (AvgIpc) is 3.27. The van der Waals surface area contributed by atoms with Crippen molar-refractivity contribution in [1.29, 1.82) is 0 Å². The summed E-state index contributed by atoms with van der Waals surface area (Å²) in [5.74, 6) is 2.30. The molecule has 0 saturated heterocycles. The highest BCUT2D eigenvalue weighted by molar-refractivity contribution is 5.87. The van der Waals surface area contributed by atoms with Crippen molar-refractivity contribution >= 4 is 5.91 Å². The monoisotopic (exact) mass is 333 g/mol. The molecule has 0 unspecified atom stereocenters. The van der Waals surface area contributed by atoms with Crippen molar-refractivity contribution in [2.75, 3.05) is 0 Å². The van der Waals surface area contributed by atoms with Gasteiger partial charge in [0.05, 0.1) is 5.92 Å². The first-order valence-corrected chi connectivity index (χ1v) is 9.62. The van der Waals surface area contributed by atoms with Crippen molar-refractivity contribution in [3.05, 3.63) is 71.8 Å². The molecule has 4 atom stereocenters. The normalized spacial score (nSPS) is 25.9. The van der Waals surface area contributed by atoms with E-state index >= 15 is 0 Å². The summed E-state index contributed by atoms with van der Waals surface area (Å²) >= 11 is 0. The fraction of sp³-hybridized carbons (Fsp3) is 0.435. The van der Waals surface area contributed by atoms with Crippen molar-refractivity contribution < 1.29 is 4.79 Å². The van der Waals surface area contributed by atoms with Crippen LogP contribution in [0.4, 0.5) is 0 Å². The number of fused-ring (bicyclic) bond motifs is 2. The Hall–Kier alpha value is -2.09. The van der Waals surface area contributed by atoms with Gasteiger partial charge in [0.1, 0.15) is 0 Å². The zero-order valence-corrected chi connectivity index (χ0v) is 14.9. The minimum absolute atomic E-state index is 0.132. The number of hydrogen-bond donors (Lipinski definition) is 1. The van der Waals surface area contributed by atoms with Gasteiger partial charge in [0, 0.05) is 6.04 Å². The molecule has 0 heterocycles. The summed E-state index contributed by atoms with van der Waals surface area (Å²) in [5, 5.41) is 3.36. The molecule has 2 saturated carbocycles. The van der Waals surface area contributed by atoms with E-state index in [1.54, 1.807) is 0 Å². The summed E-state index contributed by atoms with van der Waals surface area (Å²) in [7, 11) is 0. The lowest BCUT2D eigenvalue weighted by atomic mass is 9.83. The average molecular weight is 333 g/mol. The Balaban J connectivity index is 1.54. The first kappa shape index (κ1) is 16.4. The van der Waals surface area contributed by atoms with Crippen molar-refractivity contribution in [3.63, 3.8) is 0 Å². The topological polar surface area (TPSA) is 29.1 Å². The maximum atomic E-state index is 13.2. The maximum Gasteiger partial charge on any atom is 0.232 e. The molecule has 2 bridgehead atoms. The first-order chi connectivity index (χ1) is 12.2. The standard InChI is InChI=1S/C23H27NO/c1-16(21-15-17-12-13-20(21)14-17)24-23(25)22(18-8-4-2-5-9-18)19-10-6-3-7-11-19/h2-11,16-17,20-22H,12-15H2,1H3,(H,24,25)/t16-,17-,20+,21-/m1/s1. The van der Waals surface area contributed by atoms with Gasteiger partial charge < -0.3 is 5.32 Å². The molecule has 0 aliphatic heterocycles.